The summed E-state index contributed by atoms with van der Waals surface area (Å²) in [4.78, 5) is 33.7. The summed E-state index contributed by atoms with van der Waals surface area (Å²) >= 11 is 0. The minimum absolute atomic E-state index is 0.0676. The lowest BCUT2D eigenvalue weighted by atomic mass is 10.1. The van der Waals surface area contributed by atoms with Gasteiger partial charge in [0.05, 0.1) is 11.1 Å². The van der Waals surface area contributed by atoms with Gasteiger partial charge in [0.15, 0.2) is 5.65 Å². The second-order valence-electron chi connectivity index (χ2n) is 9.02. The topological polar surface area (TPSA) is 62.9 Å². The van der Waals surface area contributed by atoms with Crippen LogP contribution in [0.3, 0.4) is 0 Å². The number of carbonyl (C=O) groups is 1. The monoisotopic (exact) mass is 497 g/mol. The van der Waals surface area contributed by atoms with Gasteiger partial charge in [-0.1, -0.05) is 25.1 Å². The number of hydrogen-bond acceptors (Lipinski definition) is 4. The summed E-state index contributed by atoms with van der Waals surface area (Å²) in [5.74, 6) is -0.0676. The van der Waals surface area contributed by atoms with Crippen LogP contribution in [-0.2, 0) is 11.0 Å². The van der Waals surface area contributed by atoms with Gasteiger partial charge in [-0.15, -0.1) is 0 Å². The van der Waals surface area contributed by atoms with Crippen molar-refractivity contribution in [1.82, 2.24) is 19.1 Å². The zero-order valence-corrected chi connectivity index (χ0v) is 20.0. The molecule has 188 valence electrons. The minimum atomic E-state index is -4.40. The molecule has 4 aromatic rings. The van der Waals surface area contributed by atoms with E-state index in [4.69, 9.17) is 0 Å². The van der Waals surface area contributed by atoms with Crippen LogP contribution in [0, 0.1) is 6.92 Å². The molecule has 1 aliphatic heterocycles. The van der Waals surface area contributed by atoms with Gasteiger partial charge >= 0.3 is 6.18 Å². The highest BCUT2D eigenvalue weighted by Gasteiger charge is 2.33. The maximum Gasteiger partial charge on any atom is 0.416 e. The Bertz CT molecular complexity index is 1500. The lowest BCUT2D eigenvalue weighted by Gasteiger charge is -2.38. The van der Waals surface area contributed by atoms with Gasteiger partial charge in [0, 0.05) is 49.0 Å². The Morgan fingerprint density at radius 1 is 1.03 bits per heavy atom. The molecule has 2 aromatic carbocycles. The first kappa shape index (κ1) is 23.9. The molecule has 0 bridgehead atoms. The lowest BCUT2D eigenvalue weighted by Crippen LogP contribution is -2.51. The number of nitrogens with zero attached hydrogens (tertiary/aromatic N) is 5. The van der Waals surface area contributed by atoms with E-state index in [-0.39, 0.29) is 11.5 Å². The van der Waals surface area contributed by atoms with Crippen LogP contribution in [0.15, 0.2) is 59.4 Å². The molecule has 1 aliphatic rings. The standard InChI is InChI=1S/C26H26F3N5O2/c1-3-21(34-22-10-5-4-9-20(22)24-30-23(35)15-17(2)33(24)34)25(36)32-13-11-31(12-14-32)19-8-6-7-18(16-19)26(27,28)29/h4-10,15-16,21H,3,11-14H2,1-2H3/t21-/m0/s1. The van der Waals surface area contributed by atoms with Crippen molar-refractivity contribution in [1.29, 1.82) is 0 Å². The van der Waals surface area contributed by atoms with Gasteiger partial charge < -0.3 is 9.80 Å². The summed E-state index contributed by atoms with van der Waals surface area (Å²) < 4.78 is 43.2. The number of benzene rings is 2. The second kappa shape index (κ2) is 9.00. The summed E-state index contributed by atoms with van der Waals surface area (Å²) in [5.41, 5.74) is 1.48. The quantitative estimate of drug-likeness (QED) is 0.422. The van der Waals surface area contributed by atoms with Gasteiger partial charge in [0.2, 0.25) is 5.91 Å². The molecule has 0 N–H and O–H groups in total. The number of alkyl halides is 3. The number of fused-ring (bicyclic) bond motifs is 3. The minimum Gasteiger partial charge on any atom is -0.368 e. The van der Waals surface area contributed by atoms with Crippen LogP contribution in [-0.4, -0.2) is 51.2 Å². The number of para-hydroxylation sites is 1. The van der Waals surface area contributed by atoms with E-state index in [0.717, 1.165) is 23.0 Å². The van der Waals surface area contributed by atoms with E-state index in [1.54, 1.807) is 11.0 Å². The molecule has 3 heterocycles. The van der Waals surface area contributed by atoms with Gasteiger partial charge in [-0.05, 0) is 43.7 Å². The van der Waals surface area contributed by atoms with E-state index in [1.807, 2.05) is 52.2 Å². The maximum atomic E-state index is 13.8. The summed E-state index contributed by atoms with van der Waals surface area (Å²) in [6.07, 6.45) is -3.88. The second-order valence-corrected chi connectivity index (χ2v) is 9.02. The van der Waals surface area contributed by atoms with Crippen molar-refractivity contribution in [3.05, 3.63) is 76.2 Å². The highest BCUT2D eigenvalue weighted by atomic mass is 19.4. The summed E-state index contributed by atoms with van der Waals surface area (Å²) in [7, 11) is 0. The van der Waals surface area contributed by atoms with Crippen LogP contribution in [0.2, 0.25) is 0 Å². The number of carbonyl (C=O) groups excluding carboxylic acids is 1. The molecule has 5 rings (SSSR count). The third-order valence-corrected chi connectivity index (χ3v) is 6.79. The van der Waals surface area contributed by atoms with Gasteiger partial charge in [-0.3, -0.25) is 14.3 Å². The van der Waals surface area contributed by atoms with E-state index >= 15 is 0 Å². The number of aryl methyl sites for hydroxylation is 1. The lowest BCUT2D eigenvalue weighted by molar-refractivity contribution is -0.137. The first-order valence-corrected chi connectivity index (χ1v) is 11.9. The van der Waals surface area contributed by atoms with E-state index in [2.05, 4.69) is 4.98 Å². The van der Waals surface area contributed by atoms with Crippen LogP contribution < -0.4 is 10.5 Å². The summed E-state index contributed by atoms with van der Waals surface area (Å²) in [6, 6.07) is 13.8. The van der Waals surface area contributed by atoms with Crippen molar-refractivity contribution in [3.8, 4) is 0 Å². The van der Waals surface area contributed by atoms with E-state index in [1.165, 1.54) is 12.1 Å². The number of anilines is 1. The van der Waals surface area contributed by atoms with Crippen molar-refractivity contribution in [2.45, 2.75) is 32.5 Å². The molecule has 36 heavy (non-hydrogen) atoms. The number of piperazine rings is 1. The van der Waals surface area contributed by atoms with Gasteiger partial charge in [-0.2, -0.15) is 18.2 Å². The smallest absolute Gasteiger partial charge is 0.368 e. The number of rotatable bonds is 4. The molecule has 1 atom stereocenters. The zero-order valence-electron chi connectivity index (χ0n) is 20.0. The van der Waals surface area contributed by atoms with E-state index < -0.39 is 17.8 Å². The Labute approximate surface area is 205 Å². The van der Waals surface area contributed by atoms with Crippen molar-refractivity contribution in [3.63, 3.8) is 0 Å². The predicted molar refractivity (Wildman–Crippen MR) is 131 cm³/mol. The third kappa shape index (κ3) is 4.10. The molecular weight excluding hydrogens is 471 g/mol. The fourth-order valence-corrected chi connectivity index (χ4v) is 5.04. The van der Waals surface area contributed by atoms with Crippen LogP contribution in [0.5, 0.6) is 0 Å². The predicted octanol–water partition coefficient (Wildman–Crippen LogP) is 4.28. The molecule has 0 spiro atoms. The summed E-state index contributed by atoms with van der Waals surface area (Å²) in [5, 5.41) is 0.791. The van der Waals surface area contributed by atoms with Crippen LogP contribution in [0.1, 0.15) is 30.6 Å². The van der Waals surface area contributed by atoms with E-state index in [9.17, 15) is 22.8 Å². The van der Waals surface area contributed by atoms with Crippen molar-refractivity contribution in [2.75, 3.05) is 31.1 Å². The molecule has 0 saturated carbocycles. The Kier molecular flexibility index (Phi) is 5.97. The molecule has 7 nitrogen and oxygen atoms in total. The average Bonchev–Trinajstić information content (AvgIpc) is 3.19. The Morgan fingerprint density at radius 2 is 1.75 bits per heavy atom. The van der Waals surface area contributed by atoms with Gasteiger partial charge in [-0.25, -0.2) is 4.52 Å². The Balaban J connectivity index is 1.43. The fraction of sp³-hybridized carbons (Fsp3) is 0.346. The largest absolute Gasteiger partial charge is 0.416 e. The molecule has 1 saturated heterocycles. The van der Waals surface area contributed by atoms with Gasteiger partial charge in [0.25, 0.3) is 5.56 Å². The van der Waals surface area contributed by atoms with Crippen molar-refractivity contribution < 1.29 is 18.0 Å². The highest BCUT2D eigenvalue weighted by Crippen LogP contribution is 2.32. The zero-order chi connectivity index (χ0) is 25.6. The SMILES string of the molecule is CC[C@@H](C(=O)N1CCN(c2cccc(C(F)(F)F)c2)CC1)n1c2ccccc2c2nc(=O)cc(C)n21. The first-order chi connectivity index (χ1) is 17.2. The normalized spacial score (nSPS) is 15.6. The Morgan fingerprint density at radius 3 is 2.44 bits per heavy atom. The fourth-order valence-electron chi connectivity index (χ4n) is 5.04. The van der Waals surface area contributed by atoms with Gasteiger partial charge in [0.1, 0.15) is 6.04 Å². The molecule has 0 radical (unpaired) electrons. The highest BCUT2D eigenvalue weighted by molar-refractivity contribution is 5.94. The number of amides is 1. The van der Waals surface area contributed by atoms with E-state index in [0.29, 0.717) is 49.6 Å². The first-order valence-electron chi connectivity index (χ1n) is 11.9. The molecule has 1 fully saturated rings. The van der Waals surface area contributed by atoms with Crippen LogP contribution in [0.25, 0.3) is 16.6 Å². The third-order valence-electron chi connectivity index (χ3n) is 6.79. The Hall–Kier alpha value is -3.82. The molecule has 10 heteroatoms. The molecule has 2 aromatic heterocycles. The maximum absolute atomic E-state index is 13.8. The molecule has 0 unspecified atom stereocenters. The molecule has 0 aliphatic carbocycles. The average molecular weight is 498 g/mol. The van der Waals surface area contributed by atoms with Crippen molar-refractivity contribution in [2.24, 2.45) is 0 Å². The molecular formula is C26H26F3N5O2. The van der Waals surface area contributed by atoms with Crippen molar-refractivity contribution >= 4 is 28.1 Å². The van der Waals surface area contributed by atoms with Crippen LogP contribution >= 0.6 is 0 Å². The number of hydrogen-bond donors (Lipinski definition) is 0. The molecule has 1 amide bonds. The number of aromatic nitrogens is 3. The number of halogens is 3. The van der Waals surface area contributed by atoms with Crippen LogP contribution in [0.4, 0.5) is 18.9 Å². The summed E-state index contributed by atoms with van der Waals surface area (Å²) in [6.45, 7) is 5.42.